The second kappa shape index (κ2) is 3.06. The summed E-state index contributed by atoms with van der Waals surface area (Å²) in [7, 11) is 1.31. The molecule has 0 saturated heterocycles. The molecule has 0 bridgehead atoms. The van der Waals surface area contributed by atoms with Crippen LogP contribution in [0.4, 0.5) is 5.69 Å². The minimum absolute atomic E-state index is 0.188. The highest BCUT2D eigenvalue weighted by Crippen LogP contribution is 2.21. The van der Waals surface area contributed by atoms with Crippen molar-refractivity contribution >= 4 is 22.6 Å². The summed E-state index contributed by atoms with van der Waals surface area (Å²) in [6, 6.07) is 6.84. The maximum atomic E-state index is 11.1. The van der Waals surface area contributed by atoms with Gasteiger partial charge in [0.2, 0.25) is 5.76 Å². The van der Waals surface area contributed by atoms with Gasteiger partial charge in [-0.15, -0.1) is 0 Å². The van der Waals surface area contributed by atoms with Gasteiger partial charge in [0, 0.05) is 17.1 Å². The molecule has 4 nitrogen and oxygen atoms in total. The number of nitrogens with two attached hydrogens (primary N) is 1. The zero-order valence-corrected chi connectivity index (χ0v) is 7.61. The average molecular weight is 191 g/mol. The van der Waals surface area contributed by atoms with Crippen molar-refractivity contribution in [1.29, 1.82) is 0 Å². The number of hydrogen-bond acceptors (Lipinski definition) is 4. The molecule has 2 N–H and O–H groups in total. The molecule has 0 amide bonds. The second-order valence-corrected chi connectivity index (χ2v) is 2.90. The number of hydrogen-bond donors (Lipinski definition) is 1. The Balaban J connectivity index is 2.56. The molecule has 72 valence electrons. The molecule has 0 saturated carbocycles. The molecule has 4 heteroatoms. The van der Waals surface area contributed by atoms with Crippen LogP contribution in [0.5, 0.6) is 0 Å². The lowest BCUT2D eigenvalue weighted by atomic mass is 10.2. The van der Waals surface area contributed by atoms with E-state index in [0.717, 1.165) is 5.39 Å². The Bertz CT molecular complexity index is 487. The van der Waals surface area contributed by atoms with E-state index in [4.69, 9.17) is 10.2 Å². The number of rotatable bonds is 1. The summed E-state index contributed by atoms with van der Waals surface area (Å²) in [5.41, 5.74) is 6.75. The molecule has 0 atom stereocenters. The third-order valence-electron chi connectivity index (χ3n) is 1.93. The van der Waals surface area contributed by atoms with Crippen molar-refractivity contribution < 1.29 is 13.9 Å². The van der Waals surface area contributed by atoms with Gasteiger partial charge in [-0.2, -0.15) is 0 Å². The molecule has 1 heterocycles. The summed E-state index contributed by atoms with van der Waals surface area (Å²) >= 11 is 0. The number of carbonyl (C=O) groups excluding carboxylic acids is 1. The molecule has 1 aromatic heterocycles. The minimum atomic E-state index is -0.486. The average Bonchev–Trinajstić information content (AvgIpc) is 2.59. The second-order valence-electron chi connectivity index (χ2n) is 2.90. The molecule has 0 unspecified atom stereocenters. The number of benzene rings is 1. The Hall–Kier alpha value is -1.97. The summed E-state index contributed by atoms with van der Waals surface area (Å²) < 4.78 is 9.78. The van der Waals surface area contributed by atoms with Crippen molar-refractivity contribution in [3.63, 3.8) is 0 Å². The van der Waals surface area contributed by atoms with Crippen LogP contribution in [-0.4, -0.2) is 13.1 Å². The largest absolute Gasteiger partial charge is 0.463 e. The standard InChI is InChI=1S/C10H9NO3/c1-13-10(12)9-4-6-2-3-7(11)5-8(6)14-9/h2-5H,11H2,1H3. The molecule has 0 fully saturated rings. The van der Waals surface area contributed by atoms with E-state index >= 15 is 0 Å². The Kier molecular flexibility index (Phi) is 1.89. The van der Waals surface area contributed by atoms with Crippen molar-refractivity contribution in [2.45, 2.75) is 0 Å². The van der Waals surface area contributed by atoms with Crippen LogP contribution in [0, 0.1) is 0 Å². The molecule has 2 rings (SSSR count). The van der Waals surface area contributed by atoms with Gasteiger partial charge in [0.25, 0.3) is 0 Å². The predicted octanol–water partition coefficient (Wildman–Crippen LogP) is 1.80. The summed E-state index contributed by atoms with van der Waals surface area (Å²) in [5, 5.41) is 0.833. The van der Waals surface area contributed by atoms with Gasteiger partial charge >= 0.3 is 5.97 Å². The van der Waals surface area contributed by atoms with Gasteiger partial charge in [-0.1, -0.05) is 0 Å². The maximum absolute atomic E-state index is 11.1. The summed E-state index contributed by atoms with van der Waals surface area (Å²) in [6.45, 7) is 0. The first-order chi connectivity index (χ1) is 6.70. The van der Waals surface area contributed by atoms with Gasteiger partial charge < -0.3 is 14.9 Å². The third-order valence-corrected chi connectivity index (χ3v) is 1.93. The fraction of sp³-hybridized carbons (Fsp3) is 0.100. The van der Waals surface area contributed by atoms with Gasteiger partial charge in [-0.25, -0.2) is 4.79 Å². The van der Waals surface area contributed by atoms with Crippen LogP contribution >= 0.6 is 0 Å². The van der Waals surface area contributed by atoms with Gasteiger partial charge in [0.05, 0.1) is 7.11 Å². The van der Waals surface area contributed by atoms with Crippen molar-refractivity contribution in [2.75, 3.05) is 12.8 Å². The third kappa shape index (κ3) is 1.31. The Morgan fingerprint density at radius 2 is 2.21 bits per heavy atom. The van der Waals surface area contributed by atoms with Crippen molar-refractivity contribution in [3.05, 3.63) is 30.0 Å². The van der Waals surface area contributed by atoms with Crippen LogP contribution in [0.15, 0.2) is 28.7 Å². The molecule has 2 aromatic rings. The first-order valence-electron chi connectivity index (χ1n) is 4.08. The number of nitrogen functional groups attached to an aromatic ring is 1. The molecule has 0 radical (unpaired) electrons. The Morgan fingerprint density at radius 3 is 2.93 bits per heavy atom. The predicted molar refractivity (Wildman–Crippen MR) is 52.0 cm³/mol. The van der Waals surface area contributed by atoms with Gasteiger partial charge in [-0.3, -0.25) is 0 Å². The molecular formula is C10H9NO3. The summed E-state index contributed by atoms with van der Waals surface area (Å²) in [6.07, 6.45) is 0. The molecule has 0 aliphatic carbocycles. The lowest BCUT2D eigenvalue weighted by molar-refractivity contribution is 0.0567. The van der Waals surface area contributed by atoms with E-state index in [-0.39, 0.29) is 5.76 Å². The van der Waals surface area contributed by atoms with E-state index in [2.05, 4.69) is 4.74 Å². The number of fused-ring (bicyclic) bond motifs is 1. The van der Waals surface area contributed by atoms with Crippen LogP contribution in [-0.2, 0) is 4.74 Å². The number of furan rings is 1. The fourth-order valence-electron chi connectivity index (χ4n) is 1.25. The number of methoxy groups -OCH3 is 1. The van der Waals surface area contributed by atoms with Gasteiger partial charge in [-0.05, 0) is 18.2 Å². The van der Waals surface area contributed by atoms with Gasteiger partial charge in [0.15, 0.2) is 0 Å². The molecule has 0 aliphatic rings. The molecule has 1 aromatic carbocycles. The number of ether oxygens (including phenoxy) is 1. The highest BCUT2D eigenvalue weighted by Gasteiger charge is 2.11. The van der Waals surface area contributed by atoms with E-state index in [1.54, 1.807) is 24.3 Å². The molecule has 0 spiro atoms. The number of anilines is 1. The van der Waals surface area contributed by atoms with Crippen LogP contribution in [0.2, 0.25) is 0 Å². The van der Waals surface area contributed by atoms with Crippen LogP contribution in [0.25, 0.3) is 11.0 Å². The van der Waals surface area contributed by atoms with E-state index in [1.807, 2.05) is 0 Å². The quantitative estimate of drug-likeness (QED) is 0.551. The zero-order valence-electron chi connectivity index (χ0n) is 7.61. The summed E-state index contributed by atoms with van der Waals surface area (Å²) in [4.78, 5) is 11.1. The SMILES string of the molecule is COC(=O)c1cc2ccc(N)cc2o1. The number of esters is 1. The highest BCUT2D eigenvalue weighted by atomic mass is 16.5. The molecular weight excluding hydrogens is 182 g/mol. The normalized spacial score (nSPS) is 10.4. The van der Waals surface area contributed by atoms with Crippen LogP contribution in [0.3, 0.4) is 0 Å². The van der Waals surface area contributed by atoms with Crippen LogP contribution in [0.1, 0.15) is 10.6 Å². The topological polar surface area (TPSA) is 65.5 Å². The van der Waals surface area contributed by atoms with Crippen molar-refractivity contribution in [1.82, 2.24) is 0 Å². The Morgan fingerprint density at radius 1 is 1.43 bits per heavy atom. The van der Waals surface area contributed by atoms with Crippen LogP contribution < -0.4 is 5.73 Å². The van der Waals surface area contributed by atoms with Gasteiger partial charge in [0.1, 0.15) is 5.58 Å². The van der Waals surface area contributed by atoms with E-state index in [9.17, 15) is 4.79 Å². The molecule has 0 aliphatic heterocycles. The lowest BCUT2D eigenvalue weighted by Crippen LogP contribution is -1.97. The summed E-state index contributed by atoms with van der Waals surface area (Å²) in [5.74, 6) is -0.298. The maximum Gasteiger partial charge on any atom is 0.373 e. The van der Waals surface area contributed by atoms with Crippen molar-refractivity contribution in [2.24, 2.45) is 0 Å². The first kappa shape index (κ1) is 8.62. The lowest BCUT2D eigenvalue weighted by Gasteiger charge is -1.91. The highest BCUT2D eigenvalue weighted by molar-refractivity contribution is 5.93. The van der Waals surface area contributed by atoms with E-state index in [0.29, 0.717) is 11.3 Å². The van der Waals surface area contributed by atoms with Crippen molar-refractivity contribution in [3.8, 4) is 0 Å². The van der Waals surface area contributed by atoms with E-state index in [1.165, 1.54) is 7.11 Å². The molecule has 14 heavy (non-hydrogen) atoms. The smallest absolute Gasteiger partial charge is 0.373 e. The van der Waals surface area contributed by atoms with E-state index < -0.39 is 5.97 Å². The monoisotopic (exact) mass is 191 g/mol. The first-order valence-corrected chi connectivity index (χ1v) is 4.08. The minimum Gasteiger partial charge on any atom is -0.463 e. The number of carbonyl (C=O) groups is 1. The fourth-order valence-corrected chi connectivity index (χ4v) is 1.25. The zero-order chi connectivity index (χ0) is 10.1. The Labute approximate surface area is 80.3 Å².